The van der Waals surface area contributed by atoms with Crippen LogP contribution in [0.15, 0.2) is 53.6 Å². The van der Waals surface area contributed by atoms with Crippen LogP contribution in [-0.2, 0) is 11.3 Å². The quantitative estimate of drug-likeness (QED) is 0.353. The number of hydrogen-bond donors (Lipinski definition) is 2. The van der Waals surface area contributed by atoms with E-state index in [9.17, 15) is 18.4 Å². The molecular weight excluding hydrogens is 498 g/mol. The first kappa shape index (κ1) is 25.0. The van der Waals surface area contributed by atoms with Crippen LogP contribution in [0.5, 0.6) is 0 Å². The van der Waals surface area contributed by atoms with E-state index in [0.717, 1.165) is 55.4 Å². The van der Waals surface area contributed by atoms with Crippen LogP contribution in [0.25, 0.3) is 17.2 Å². The molecule has 2 N–H and O–H groups in total. The number of rotatable bonds is 7. The molecule has 2 fully saturated rings. The predicted octanol–water partition coefficient (Wildman–Crippen LogP) is 4.15. The summed E-state index contributed by atoms with van der Waals surface area (Å²) in [5.41, 5.74) is 2.77. The van der Waals surface area contributed by atoms with Gasteiger partial charge in [-0.15, -0.1) is 0 Å². The fourth-order valence-corrected chi connectivity index (χ4v) is 5.14. The zero-order chi connectivity index (χ0) is 25.8. The molecule has 2 aliphatic rings. The van der Waals surface area contributed by atoms with E-state index in [2.05, 4.69) is 30.5 Å². The zero-order valence-corrected chi connectivity index (χ0v) is 20.6. The van der Waals surface area contributed by atoms with Gasteiger partial charge < -0.3 is 10.2 Å². The molecule has 0 unspecified atom stereocenters. The largest absolute Gasteiger partial charge is 0.341 e. The monoisotopic (exact) mass is 522 g/mol. The summed E-state index contributed by atoms with van der Waals surface area (Å²) in [5, 5.41) is 5.35. The highest BCUT2D eigenvalue weighted by Crippen LogP contribution is 2.27. The van der Waals surface area contributed by atoms with Crippen LogP contribution in [0.3, 0.4) is 0 Å². The number of anilines is 1. The van der Waals surface area contributed by atoms with Crippen LogP contribution in [0.2, 0.25) is 0 Å². The minimum absolute atomic E-state index is 0.320. The van der Waals surface area contributed by atoms with E-state index in [4.69, 9.17) is 0 Å². The highest BCUT2D eigenvalue weighted by atomic mass is 32.2. The molecule has 8 nitrogen and oxygen atoms in total. The van der Waals surface area contributed by atoms with Gasteiger partial charge in [0.25, 0.3) is 11.1 Å². The number of nitrogens with one attached hydrogen (secondary N) is 2. The molecule has 3 aromatic rings. The zero-order valence-electron chi connectivity index (χ0n) is 19.8. The number of piperidine rings is 1. The van der Waals surface area contributed by atoms with Crippen molar-refractivity contribution in [3.05, 3.63) is 76.7 Å². The normalized spacial score (nSPS) is 17.5. The number of hydrogen-bond acceptors (Lipinski definition) is 8. The highest BCUT2D eigenvalue weighted by molar-refractivity contribution is 8.18. The van der Waals surface area contributed by atoms with Gasteiger partial charge in [0.05, 0.1) is 10.6 Å². The smallest absolute Gasteiger partial charge is 0.290 e. The van der Waals surface area contributed by atoms with Crippen LogP contribution in [0, 0.1) is 17.8 Å². The summed E-state index contributed by atoms with van der Waals surface area (Å²) in [4.78, 5) is 37.7. The van der Waals surface area contributed by atoms with E-state index in [0.29, 0.717) is 34.6 Å². The van der Waals surface area contributed by atoms with Crippen molar-refractivity contribution in [3.63, 3.8) is 0 Å². The van der Waals surface area contributed by atoms with Gasteiger partial charge in [-0.25, -0.2) is 9.97 Å². The van der Waals surface area contributed by atoms with Crippen molar-refractivity contribution in [3.8, 4) is 11.1 Å². The number of halogens is 2. The third-order valence-corrected chi connectivity index (χ3v) is 7.13. The van der Waals surface area contributed by atoms with Gasteiger partial charge in [0.2, 0.25) is 17.8 Å². The van der Waals surface area contributed by atoms with Crippen LogP contribution >= 0.6 is 11.8 Å². The minimum Gasteiger partial charge on any atom is -0.341 e. The molecule has 2 amide bonds. The van der Waals surface area contributed by atoms with Crippen molar-refractivity contribution in [1.29, 1.82) is 0 Å². The Labute approximate surface area is 216 Å². The lowest BCUT2D eigenvalue weighted by atomic mass is 9.96. The molecule has 2 aliphatic heterocycles. The third kappa shape index (κ3) is 6.17. The average Bonchev–Trinajstić information content (AvgIpc) is 3.20. The van der Waals surface area contributed by atoms with Gasteiger partial charge in [-0.05, 0) is 65.9 Å². The molecule has 4 heterocycles. The molecule has 0 radical (unpaired) electrons. The van der Waals surface area contributed by atoms with E-state index < -0.39 is 17.8 Å². The lowest BCUT2D eigenvalue weighted by molar-refractivity contribution is -0.115. The molecule has 0 atom stereocenters. The molecule has 2 saturated heterocycles. The summed E-state index contributed by atoms with van der Waals surface area (Å²) in [6.45, 7) is 2.99. The Bertz CT molecular complexity index is 1340. The molecular formula is C26H24F2N6O2S. The van der Waals surface area contributed by atoms with Crippen molar-refractivity contribution in [1.82, 2.24) is 25.6 Å². The van der Waals surface area contributed by atoms with Crippen LogP contribution in [-0.4, -0.2) is 45.7 Å². The molecule has 0 aliphatic carbocycles. The number of nitrogens with zero attached hydrogens (tertiary/aromatic N) is 4. The number of thioether (sulfide) groups is 1. The third-order valence-electron chi connectivity index (χ3n) is 6.32. The number of aromatic nitrogens is 3. The number of carbonyl (C=O) groups excluding carboxylic acids is 2. The van der Waals surface area contributed by atoms with E-state index >= 15 is 0 Å². The Morgan fingerprint density at radius 1 is 1.08 bits per heavy atom. The fourth-order valence-electron chi connectivity index (χ4n) is 4.47. The molecule has 5 rings (SSSR count). The lowest BCUT2D eigenvalue weighted by Crippen LogP contribution is -2.38. The Hall–Kier alpha value is -3.70. The summed E-state index contributed by atoms with van der Waals surface area (Å²) in [6.07, 6.45) is 5.16. The first-order chi connectivity index (χ1) is 17.9. The van der Waals surface area contributed by atoms with E-state index in [1.54, 1.807) is 18.3 Å². The van der Waals surface area contributed by atoms with Crippen LogP contribution in [0.1, 0.15) is 24.1 Å². The Morgan fingerprint density at radius 2 is 1.84 bits per heavy atom. The maximum Gasteiger partial charge on any atom is 0.290 e. The van der Waals surface area contributed by atoms with Crippen molar-refractivity contribution < 1.29 is 18.4 Å². The molecule has 37 heavy (non-hydrogen) atoms. The summed E-state index contributed by atoms with van der Waals surface area (Å²) in [7, 11) is 0. The second-order valence-corrected chi connectivity index (χ2v) is 9.87. The Balaban J connectivity index is 1.15. The number of carbonyl (C=O) groups is 2. The van der Waals surface area contributed by atoms with Gasteiger partial charge in [-0.1, -0.05) is 24.3 Å². The van der Waals surface area contributed by atoms with Gasteiger partial charge >= 0.3 is 0 Å². The number of imide groups is 1. The standard InChI is InChI=1S/C26H24F2N6O2S/c27-22-11-18(12-23(28)32-22)20-4-2-1-3-17(20)15-29-14-16-6-9-34(10-7-16)25-30-8-5-19(31-25)13-21-24(35)33-26(36)37-21/h1-5,8,11-13,16,29H,6-7,9-10,14-15H2,(H,33,35,36). The van der Waals surface area contributed by atoms with Crippen molar-refractivity contribution in [2.45, 2.75) is 19.4 Å². The van der Waals surface area contributed by atoms with Gasteiger partial charge in [0.1, 0.15) is 0 Å². The molecule has 190 valence electrons. The molecule has 2 aromatic heterocycles. The Kier molecular flexibility index (Phi) is 7.52. The molecule has 0 spiro atoms. The van der Waals surface area contributed by atoms with Crippen LogP contribution in [0.4, 0.5) is 19.5 Å². The lowest BCUT2D eigenvalue weighted by Gasteiger charge is -2.32. The summed E-state index contributed by atoms with van der Waals surface area (Å²) in [5.74, 6) is -1.02. The van der Waals surface area contributed by atoms with E-state index in [1.807, 2.05) is 24.3 Å². The highest BCUT2D eigenvalue weighted by Gasteiger charge is 2.26. The van der Waals surface area contributed by atoms with Gasteiger partial charge in [0.15, 0.2) is 0 Å². The van der Waals surface area contributed by atoms with Gasteiger partial charge in [-0.2, -0.15) is 13.8 Å². The summed E-state index contributed by atoms with van der Waals surface area (Å²) < 4.78 is 27.3. The van der Waals surface area contributed by atoms with E-state index in [-0.39, 0.29) is 5.24 Å². The van der Waals surface area contributed by atoms with Crippen molar-refractivity contribution >= 4 is 34.9 Å². The molecule has 0 saturated carbocycles. The first-order valence-corrected chi connectivity index (χ1v) is 12.7. The number of pyridine rings is 1. The molecule has 0 bridgehead atoms. The van der Waals surface area contributed by atoms with Gasteiger partial charge in [-0.3, -0.25) is 14.9 Å². The molecule has 1 aromatic carbocycles. The number of benzene rings is 1. The maximum absolute atomic E-state index is 13.6. The van der Waals surface area contributed by atoms with E-state index in [1.165, 1.54) is 12.1 Å². The summed E-state index contributed by atoms with van der Waals surface area (Å²) in [6, 6.07) is 11.7. The van der Waals surface area contributed by atoms with Crippen molar-refractivity contribution in [2.24, 2.45) is 5.92 Å². The SMILES string of the molecule is O=C1NC(=O)C(=Cc2ccnc(N3CCC(CNCc4ccccc4-c4cc(F)nc(F)c4)CC3)n2)S1. The number of amides is 2. The minimum atomic E-state index is -0.839. The topological polar surface area (TPSA) is 100 Å². The van der Waals surface area contributed by atoms with Crippen molar-refractivity contribution in [2.75, 3.05) is 24.5 Å². The molecule has 11 heteroatoms. The van der Waals surface area contributed by atoms with Crippen LogP contribution < -0.4 is 15.5 Å². The second kappa shape index (κ2) is 11.1. The predicted molar refractivity (Wildman–Crippen MR) is 137 cm³/mol. The maximum atomic E-state index is 13.6. The Morgan fingerprint density at radius 3 is 2.57 bits per heavy atom. The average molecular weight is 523 g/mol. The first-order valence-electron chi connectivity index (χ1n) is 11.9. The second-order valence-electron chi connectivity index (χ2n) is 8.85. The fraction of sp³-hybridized carbons (Fsp3) is 0.269. The summed E-state index contributed by atoms with van der Waals surface area (Å²) >= 11 is 0.861. The van der Waals surface area contributed by atoms with Gasteiger partial charge in [0, 0.05) is 38.0 Å².